The van der Waals surface area contributed by atoms with Gasteiger partial charge in [0.25, 0.3) is 0 Å². The number of piperazine rings is 1. The third kappa shape index (κ3) is 5.47. The first-order chi connectivity index (χ1) is 19.5. The Hall–Kier alpha value is -2.27. The van der Waals surface area contributed by atoms with Crippen LogP contribution in [0.2, 0.25) is 0 Å². The molecule has 212 valence electrons. The third-order valence-electron chi connectivity index (χ3n) is 8.25. The van der Waals surface area contributed by atoms with E-state index < -0.39 is 0 Å². The number of nitrogens with zero attached hydrogens (tertiary/aromatic N) is 4. The lowest BCUT2D eigenvalue weighted by atomic mass is 9.87. The van der Waals surface area contributed by atoms with Crippen molar-refractivity contribution in [3.05, 3.63) is 34.9 Å². The lowest BCUT2D eigenvalue weighted by Gasteiger charge is -2.34. The van der Waals surface area contributed by atoms with E-state index in [1.807, 2.05) is 13.0 Å². The molecule has 3 aliphatic rings. The molecule has 40 heavy (non-hydrogen) atoms. The number of phenolic OH excluding ortho intramolecular Hbond substituents is 1. The van der Waals surface area contributed by atoms with Crippen LogP contribution in [0, 0.1) is 12.3 Å². The number of aryl methyl sites for hydroxylation is 1. The lowest BCUT2D eigenvalue weighted by Crippen LogP contribution is -2.45. The van der Waals surface area contributed by atoms with E-state index in [0.29, 0.717) is 37.0 Å². The van der Waals surface area contributed by atoms with Crippen molar-refractivity contribution in [1.82, 2.24) is 14.9 Å². The first-order valence-electron chi connectivity index (χ1n) is 14.0. The maximum atomic E-state index is 12.1. The van der Waals surface area contributed by atoms with Crippen LogP contribution in [-0.4, -0.2) is 78.7 Å². The summed E-state index contributed by atoms with van der Waals surface area (Å²) in [6.07, 6.45) is 5.61. The molecule has 1 aromatic heterocycles. The largest absolute Gasteiger partial charge is 0.505 e. The van der Waals surface area contributed by atoms with Crippen molar-refractivity contribution in [2.75, 3.05) is 56.4 Å². The molecule has 1 aliphatic carbocycles. The Balaban J connectivity index is 1.58. The van der Waals surface area contributed by atoms with Gasteiger partial charge in [-0.1, -0.05) is 6.07 Å². The number of likely N-dealkylation sites (N-methyl/N-ethyl adjacent to an activating group) is 1. The van der Waals surface area contributed by atoms with Gasteiger partial charge in [0.15, 0.2) is 0 Å². The molecule has 3 fully saturated rings. The van der Waals surface area contributed by atoms with Crippen molar-refractivity contribution >= 4 is 57.0 Å². The number of hydrogen-bond acceptors (Lipinski definition) is 9. The van der Waals surface area contributed by atoms with Crippen LogP contribution in [0.3, 0.4) is 0 Å². The first kappa shape index (κ1) is 27.9. The molecule has 0 amide bonds. The zero-order valence-corrected chi connectivity index (χ0v) is 26.1. The van der Waals surface area contributed by atoms with E-state index in [1.54, 1.807) is 0 Å². The number of aromatic nitrogens is 2. The summed E-state index contributed by atoms with van der Waals surface area (Å²) in [6.45, 7) is 6.97. The Bertz CT molecular complexity index is 1420. The van der Waals surface area contributed by atoms with Gasteiger partial charge in [0.1, 0.15) is 23.2 Å². The van der Waals surface area contributed by atoms with Crippen molar-refractivity contribution in [2.45, 2.75) is 44.6 Å². The number of fused-ring (bicyclic) bond motifs is 1. The van der Waals surface area contributed by atoms with E-state index in [4.69, 9.17) is 24.9 Å². The van der Waals surface area contributed by atoms with Crippen LogP contribution in [0.5, 0.6) is 11.8 Å². The van der Waals surface area contributed by atoms with Crippen molar-refractivity contribution in [3.8, 4) is 22.9 Å². The molecule has 11 heteroatoms. The summed E-state index contributed by atoms with van der Waals surface area (Å²) in [5.74, 6) is 1.34. The number of benzene rings is 2. The summed E-state index contributed by atoms with van der Waals surface area (Å²) < 4.78 is 11.9. The monoisotopic (exact) mass is 674 g/mol. The molecule has 0 radical (unpaired) electrons. The van der Waals surface area contributed by atoms with Crippen LogP contribution in [0.1, 0.15) is 48.3 Å². The fraction of sp³-hybridized carbons (Fsp3) is 0.483. The fourth-order valence-electron chi connectivity index (χ4n) is 5.84. The van der Waals surface area contributed by atoms with E-state index in [1.165, 1.54) is 6.21 Å². The van der Waals surface area contributed by atoms with Gasteiger partial charge in [0.05, 0.1) is 13.2 Å². The number of aromatic hydroxyl groups is 1. The number of hydrogen-bond donors (Lipinski definition) is 3. The van der Waals surface area contributed by atoms with Gasteiger partial charge in [0, 0.05) is 73.8 Å². The molecule has 0 spiro atoms. The lowest BCUT2D eigenvalue weighted by molar-refractivity contribution is 0.0219. The van der Waals surface area contributed by atoms with Gasteiger partial charge >= 0.3 is 6.01 Å². The summed E-state index contributed by atoms with van der Waals surface area (Å²) >= 11 is 2.30. The SMILES string of the molecule is Cc1ccc(NPI)c(C=N)c1-c1c(C2CC2)cc2c(N3CCN(C)CC3)nc(OC3CCOCC3)nc2c1O. The van der Waals surface area contributed by atoms with Crippen LogP contribution in [0.4, 0.5) is 11.5 Å². The topological polar surface area (TPSA) is 107 Å². The zero-order chi connectivity index (χ0) is 27.8. The predicted molar refractivity (Wildman–Crippen MR) is 171 cm³/mol. The predicted octanol–water partition coefficient (Wildman–Crippen LogP) is 5.85. The smallest absolute Gasteiger partial charge is 0.319 e. The van der Waals surface area contributed by atoms with E-state index in [0.717, 1.165) is 96.6 Å². The minimum atomic E-state index is -0.0116. The van der Waals surface area contributed by atoms with Crippen LogP contribution >= 0.6 is 28.4 Å². The molecule has 2 aliphatic heterocycles. The van der Waals surface area contributed by atoms with Crippen molar-refractivity contribution in [1.29, 1.82) is 5.41 Å². The summed E-state index contributed by atoms with van der Waals surface area (Å²) in [6, 6.07) is 6.60. The normalized spacial score (nSPS) is 19.0. The molecule has 0 bridgehead atoms. The highest BCUT2D eigenvalue weighted by Crippen LogP contribution is 2.52. The number of ether oxygens (including phenoxy) is 2. The summed E-state index contributed by atoms with van der Waals surface area (Å²) in [5, 5.41) is 24.7. The van der Waals surface area contributed by atoms with Crippen LogP contribution in [-0.2, 0) is 4.74 Å². The van der Waals surface area contributed by atoms with Crippen molar-refractivity contribution in [2.24, 2.45) is 0 Å². The van der Waals surface area contributed by atoms with Crippen LogP contribution in [0.15, 0.2) is 18.2 Å². The number of nitrogens with one attached hydrogen (secondary N) is 2. The fourth-order valence-corrected chi connectivity index (χ4v) is 7.03. The standard InChI is InChI=1S/C29H36IN6O3P/c1-17-3-6-23(34-40-30)22(16-31)24(17)25-20(18-4-5-18)15-21-26(27(25)37)32-29(39-19-7-13-38-14-8-19)33-28(21)36-11-9-35(2)10-12-36/h3,6,15-16,18-19,31,34,37,40H,4-5,7-14H2,1-2H3. The van der Waals surface area contributed by atoms with Gasteiger partial charge in [0.2, 0.25) is 0 Å². The first-order valence-corrected chi connectivity index (χ1v) is 18.1. The highest BCUT2D eigenvalue weighted by Gasteiger charge is 2.33. The molecular weight excluding hydrogens is 638 g/mol. The Morgan fingerprint density at radius 3 is 2.55 bits per heavy atom. The zero-order valence-electron chi connectivity index (χ0n) is 23.0. The Kier molecular flexibility index (Phi) is 8.30. The summed E-state index contributed by atoms with van der Waals surface area (Å²) in [5.41, 5.74) is 6.00. The molecular formula is C29H36IN6O3P. The number of rotatable bonds is 8. The van der Waals surface area contributed by atoms with Gasteiger partial charge in [-0.25, -0.2) is 0 Å². The van der Waals surface area contributed by atoms with E-state index in [-0.39, 0.29) is 11.9 Å². The number of phenols is 1. The average molecular weight is 675 g/mol. The van der Waals surface area contributed by atoms with Crippen molar-refractivity contribution < 1.29 is 14.6 Å². The Morgan fingerprint density at radius 2 is 1.88 bits per heavy atom. The minimum Gasteiger partial charge on any atom is -0.505 e. The second-order valence-electron chi connectivity index (χ2n) is 11.0. The average Bonchev–Trinajstić information content (AvgIpc) is 3.81. The highest BCUT2D eigenvalue weighted by molar-refractivity contribution is 14.2. The molecule has 6 rings (SSSR count). The molecule has 1 unspecified atom stereocenters. The molecule has 2 aromatic carbocycles. The molecule has 1 saturated carbocycles. The van der Waals surface area contributed by atoms with Gasteiger partial charge in [-0.15, -0.1) is 0 Å². The minimum absolute atomic E-state index is 0.0116. The molecule has 3 heterocycles. The summed E-state index contributed by atoms with van der Waals surface area (Å²) in [7, 11) is 2.14. The molecule has 3 aromatic rings. The van der Waals surface area contributed by atoms with E-state index in [2.05, 4.69) is 56.1 Å². The van der Waals surface area contributed by atoms with Crippen molar-refractivity contribution in [3.63, 3.8) is 0 Å². The van der Waals surface area contributed by atoms with Gasteiger partial charge < -0.3 is 34.9 Å². The van der Waals surface area contributed by atoms with E-state index in [9.17, 15) is 5.11 Å². The maximum Gasteiger partial charge on any atom is 0.319 e. The molecule has 9 nitrogen and oxygen atoms in total. The van der Waals surface area contributed by atoms with E-state index >= 15 is 0 Å². The van der Waals surface area contributed by atoms with Gasteiger partial charge in [-0.3, -0.25) is 0 Å². The Labute approximate surface area is 249 Å². The molecule has 3 N–H and O–H groups in total. The van der Waals surface area contributed by atoms with Gasteiger partial charge in [-0.2, -0.15) is 9.97 Å². The van der Waals surface area contributed by atoms with Crippen LogP contribution in [0.25, 0.3) is 22.0 Å². The van der Waals surface area contributed by atoms with Crippen LogP contribution < -0.4 is 14.7 Å². The third-order valence-corrected chi connectivity index (χ3v) is 9.42. The molecule has 2 saturated heterocycles. The molecule has 1 atom stereocenters. The number of anilines is 2. The Morgan fingerprint density at radius 1 is 1.12 bits per heavy atom. The highest BCUT2D eigenvalue weighted by atomic mass is 127. The summed E-state index contributed by atoms with van der Waals surface area (Å²) in [4.78, 5) is 14.5. The number of halogens is 1. The second kappa shape index (κ2) is 11.9. The quantitative estimate of drug-likeness (QED) is 0.155. The maximum absolute atomic E-state index is 12.1. The van der Waals surface area contributed by atoms with Gasteiger partial charge in [-0.05, 0) is 83.6 Å². The second-order valence-corrected chi connectivity index (χ2v) is 13.0.